The van der Waals surface area contributed by atoms with Crippen LogP contribution in [-0.4, -0.2) is 22.2 Å². The SMILES string of the molecule is Cc1ccc(OC2CCCCCC2C(=O)O)cn1. The maximum atomic E-state index is 11.3. The zero-order valence-corrected chi connectivity index (χ0v) is 10.6. The number of carboxylic acids is 1. The number of carboxylic acid groups (broad SMARTS) is 1. The smallest absolute Gasteiger partial charge is 0.310 e. The Bertz CT molecular complexity index is 402. The second-order valence-electron chi connectivity index (χ2n) is 4.87. The molecule has 2 rings (SSSR count). The van der Waals surface area contributed by atoms with Gasteiger partial charge in [-0.25, -0.2) is 0 Å². The first-order valence-corrected chi connectivity index (χ1v) is 6.49. The Labute approximate surface area is 107 Å². The van der Waals surface area contributed by atoms with E-state index in [1.165, 1.54) is 0 Å². The van der Waals surface area contributed by atoms with Crippen LogP contribution in [0.2, 0.25) is 0 Å². The van der Waals surface area contributed by atoms with E-state index in [1.54, 1.807) is 6.20 Å². The van der Waals surface area contributed by atoms with Gasteiger partial charge in [-0.1, -0.05) is 12.8 Å². The maximum absolute atomic E-state index is 11.3. The second-order valence-corrected chi connectivity index (χ2v) is 4.87. The van der Waals surface area contributed by atoms with Crippen LogP contribution in [0, 0.1) is 12.8 Å². The van der Waals surface area contributed by atoms with Gasteiger partial charge in [0.15, 0.2) is 0 Å². The number of aryl methyl sites for hydroxylation is 1. The fourth-order valence-corrected chi connectivity index (χ4v) is 2.40. The van der Waals surface area contributed by atoms with E-state index in [4.69, 9.17) is 4.74 Å². The fourth-order valence-electron chi connectivity index (χ4n) is 2.40. The number of pyridine rings is 1. The Morgan fingerprint density at radius 3 is 2.78 bits per heavy atom. The lowest BCUT2D eigenvalue weighted by atomic mass is 9.97. The zero-order valence-electron chi connectivity index (χ0n) is 10.6. The van der Waals surface area contributed by atoms with Crippen molar-refractivity contribution >= 4 is 5.97 Å². The van der Waals surface area contributed by atoms with Crippen molar-refractivity contribution in [2.75, 3.05) is 0 Å². The molecule has 0 spiro atoms. The van der Waals surface area contributed by atoms with Gasteiger partial charge in [-0.3, -0.25) is 9.78 Å². The normalized spacial score (nSPS) is 24.3. The molecule has 1 fully saturated rings. The van der Waals surface area contributed by atoms with E-state index < -0.39 is 11.9 Å². The van der Waals surface area contributed by atoms with Crippen LogP contribution in [0.25, 0.3) is 0 Å². The monoisotopic (exact) mass is 249 g/mol. The summed E-state index contributed by atoms with van der Waals surface area (Å²) in [6.07, 6.45) is 6.06. The molecule has 1 aliphatic carbocycles. The molecule has 0 aromatic carbocycles. The Morgan fingerprint density at radius 1 is 1.33 bits per heavy atom. The number of aromatic nitrogens is 1. The molecule has 98 valence electrons. The summed E-state index contributed by atoms with van der Waals surface area (Å²) in [6.45, 7) is 1.91. The van der Waals surface area contributed by atoms with Gasteiger partial charge >= 0.3 is 5.97 Å². The number of hydrogen-bond acceptors (Lipinski definition) is 3. The van der Waals surface area contributed by atoms with Crippen molar-refractivity contribution in [2.24, 2.45) is 5.92 Å². The van der Waals surface area contributed by atoms with Crippen molar-refractivity contribution < 1.29 is 14.6 Å². The third kappa shape index (κ3) is 3.22. The molecule has 4 nitrogen and oxygen atoms in total. The van der Waals surface area contributed by atoms with Crippen molar-refractivity contribution in [3.8, 4) is 5.75 Å². The van der Waals surface area contributed by atoms with Crippen LogP contribution in [0.1, 0.15) is 37.8 Å². The van der Waals surface area contributed by atoms with Crippen LogP contribution < -0.4 is 4.74 Å². The van der Waals surface area contributed by atoms with E-state index in [0.29, 0.717) is 12.2 Å². The van der Waals surface area contributed by atoms with E-state index in [0.717, 1.165) is 31.4 Å². The highest BCUT2D eigenvalue weighted by Gasteiger charge is 2.31. The first-order valence-electron chi connectivity index (χ1n) is 6.49. The van der Waals surface area contributed by atoms with Gasteiger partial charge in [-0.15, -0.1) is 0 Å². The molecule has 1 saturated carbocycles. The van der Waals surface area contributed by atoms with Crippen LogP contribution in [-0.2, 0) is 4.79 Å². The van der Waals surface area contributed by atoms with E-state index in [1.807, 2.05) is 19.1 Å². The van der Waals surface area contributed by atoms with E-state index in [9.17, 15) is 9.90 Å². The maximum Gasteiger partial charge on any atom is 0.310 e. The Hall–Kier alpha value is -1.58. The van der Waals surface area contributed by atoms with E-state index >= 15 is 0 Å². The quantitative estimate of drug-likeness (QED) is 0.837. The molecule has 0 bridgehead atoms. The van der Waals surface area contributed by atoms with Crippen LogP contribution in [0.3, 0.4) is 0 Å². The highest BCUT2D eigenvalue weighted by molar-refractivity contribution is 5.70. The lowest BCUT2D eigenvalue weighted by Crippen LogP contribution is -2.32. The van der Waals surface area contributed by atoms with E-state index in [-0.39, 0.29) is 6.10 Å². The summed E-state index contributed by atoms with van der Waals surface area (Å²) in [5.41, 5.74) is 0.929. The molecule has 18 heavy (non-hydrogen) atoms. The summed E-state index contributed by atoms with van der Waals surface area (Å²) < 4.78 is 5.82. The summed E-state index contributed by atoms with van der Waals surface area (Å²) in [5.74, 6) is -0.477. The predicted molar refractivity (Wildman–Crippen MR) is 67.6 cm³/mol. The standard InChI is InChI=1S/C14H19NO3/c1-10-7-8-11(9-15-10)18-13-6-4-2-3-5-12(13)14(16)17/h7-9,12-13H,2-6H2,1H3,(H,16,17). The first kappa shape index (κ1) is 12.9. The van der Waals surface area contributed by atoms with Crippen molar-refractivity contribution in [2.45, 2.75) is 45.1 Å². The second kappa shape index (κ2) is 5.85. The molecule has 1 N–H and O–H groups in total. The van der Waals surface area contributed by atoms with Crippen LogP contribution in [0.4, 0.5) is 0 Å². The molecule has 4 heteroatoms. The molecule has 1 aromatic heterocycles. The minimum atomic E-state index is -0.748. The van der Waals surface area contributed by atoms with Crippen LogP contribution in [0.5, 0.6) is 5.75 Å². The number of rotatable bonds is 3. The third-order valence-corrected chi connectivity index (χ3v) is 3.44. The van der Waals surface area contributed by atoms with Crippen molar-refractivity contribution in [1.82, 2.24) is 4.98 Å². The number of ether oxygens (including phenoxy) is 1. The molecular formula is C14H19NO3. The molecule has 2 atom stereocenters. The Morgan fingerprint density at radius 2 is 2.11 bits per heavy atom. The first-order chi connectivity index (χ1) is 8.66. The zero-order chi connectivity index (χ0) is 13.0. The lowest BCUT2D eigenvalue weighted by molar-refractivity contribution is -0.145. The molecule has 0 radical (unpaired) electrons. The summed E-state index contributed by atoms with van der Waals surface area (Å²) in [7, 11) is 0. The molecule has 0 amide bonds. The minimum Gasteiger partial charge on any atom is -0.488 e. The van der Waals surface area contributed by atoms with Crippen LogP contribution >= 0.6 is 0 Å². The summed E-state index contributed by atoms with van der Waals surface area (Å²) in [4.78, 5) is 15.4. The van der Waals surface area contributed by atoms with Gasteiger partial charge < -0.3 is 9.84 Å². The number of carbonyl (C=O) groups is 1. The molecule has 0 saturated heterocycles. The molecular weight excluding hydrogens is 230 g/mol. The predicted octanol–water partition coefficient (Wildman–Crippen LogP) is 2.80. The van der Waals surface area contributed by atoms with Gasteiger partial charge in [0.05, 0.1) is 12.1 Å². The highest BCUT2D eigenvalue weighted by atomic mass is 16.5. The average Bonchev–Trinajstić information content (AvgIpc) is 2.57. The number of hydrogen-bond donors (Lipinski definition) is 1. The van der Waals surface area contributed by atoms with Gasteiger partial charge in [-0.2, -0.15) is 0 Å². The van der Waals surface area contributed by atoms with Gasteiger partial charge in [0.2, 0.25) is 0 Å². The van der Waals surface area contributed by atoms with Crippen LogP contribution in [0.15, 0.2) is 18.3 Å². The van der Waals surface area contributed by atoms with Crippen molar-refractivity contribution in [3.05, 3.63) is 24.0 Å². The number of aliphatic carboxylic acids is 1. The highest BCUT2D eigenvalue weighted by Crippen LogP contribution is 2.27. The van der Waals surface area contributed by atoms with Crippen molar-refractivity contribution in [3.63, 3.8) is 0 Å². The molecule has 2 unspecified atom stereocenters. The summed E-state index contributed by atoms with van der Waals surface area (Å²) >= 11 is 0. The fraction of sp³-hybridized carbons (Fsp3) is 0.571. The largest absolute Gasteiger partial charge is 0.488 e. The third-order valence-electron chi connectivity index (χ3n) is 3.44. The van der Waals surface area contributed by atoms with Gasteiger partial charge in [0, 0.05) is 5.69 Å². The molecule has 0 aliphatic heterocycles. The molecule has 1 aliphatic rings. The van der Waals surface area contributed by atoms with Gasteiger partial charge in [0.1, 0.15) is 11.9 Å². The van der Waals surface area contributed by atoms with Crippen molar-refractivity contribution in [1.29, 1.82) is 0 Å². The average molecular weight is 249 g/mol. The lowest BCUT2D eigenvalue weighted by Gasteiger charge is -2.22. The minimum absolute atomic E-state index is 0.227. The topological polar surface area (TPSA) is 59.4 Å². The van der Waals surface area contributed by atoms with Gasteiger partial charge in [-0.05, 0) is 38.3 Å². The van der Waals surface area contributed by atoms with Gasteiger partial charge in [0.25, 0.3) is 0 Å². The molecule has 1 heterocycles. The molecule has 1 aromatic rings. The summed E-state index contributed by atoms with van der Waals surface area (Å²) in [5, 5.41) is 9.26. The Kier molecular flexibility index (Phi) is 4.18. The Balaban J connectivity index is 2.08. The van der Waals surface area contributed by atoms with E-state index in [2.05, 4.69) is 4.98 Å². The summed E-state index contributed by atoms with van der Waals surface area (Å²) in [6, 6.07) is 3.73. The number of nitrogens with zero attached hydrogens (tertiary/aromatic N) is 1.